The van der Waals surface area contributed by atoms with Crippen LogP contribution in [0.5, 0.6) is 0 Å². The first-order valence-electron chi connectivity index (χ1n) is 4.76. The Hall–Kier alpha value is -1.05. The summed E-state index contributed by atoms with van der Waals surface area (Å²) in [5, 5.41) is 2.89. The molecule has 1 N–H and O–H groups in total. The summed E-state index contributed by atoms with van der Waals surface area (Å²) < 4.78 is 12.2. The number of hydrogen-bond donors (Lipinski definition) is 1. The Morgan fingerprint density at radius 3 is 1.62 bits per heavy atom. The number of hydrogen-bond acceptors (Lipinski definition) is 1. The fourth-order valence-electron chi connectivity index (χ4n) is 0.617. The molecule has 0 unspecified atom stereocenters. The van der Waals surface area contributed by atoms with Crippen molar-refractivity contribution in [2.45, 2.75) is 27.7 Å². The Morgan fingerprint density at radius 1 is 0.923 bits per heavy atom. The average Bonchev–Trinajstić information content (AvgIpc) is 2.25. The molecule has 1 aromatic rings. The fourth-order valence-corrected chi connectivity index (χ4v) is 0.617. The number of anilines is 1. The number of benzene rings is 1. The molecule has 0 bridgehead atoms. The van der Waals surface area contributed by atoms with E-state index in [0.717, 1.165) is 5.69 Å². The van der Waals surface area contributed by atoms with Gasteiger partial charge < -0.3 is 5.32 Å². The van der Waals surface area contributed by atoms with E-state index in [9.17, 15) is 4.39 Å². The van der Waals surface area contributed by atoms with Crippen molar-refractivity contribution >= 4 is 5.69 Å². The molecule has 1 aromatic carbocycles. The lowest BCUT2D eigenvalue weighted by Crippen LogP contribution is -1.86. The van der Waals surface area contributed by atoms with Crippen molar-refractivity contribution in [1.29, 1.82) is 0 Å². The molecule has 1 rings (SSSR count). The SMILES string of the molecule is CC.CC.CNc1ccc(F)cc1. The molecule has 0 radical (unpaired) electrons. The smallest absolute Gasteiger partial charge is 0.123 e. The zero-order valence-corrected chi connectivity index (χ0v) is 9.19. The maximum atomic E-state index is 12.2. The van der Waals surface area contributed by atoms with Gasteiger partial charge in [-0.1, -0.05) is 27.7 Å². The average molecular weight is 185 g/mol. The van der Waals surface area contributed by atoms with Gasteiger partial charge in [0.15, 0.2) is 0 Å². The molecule has 2 heteroatoms. The normalized spacial score (nSPS) is 7.23. The van der Waals surface area contributed by atoms with Gasteiger partial charge in [-0.15, -0.1) is 0 Å². The second-order valence-electron chi connectivity index (χ2n) is 1.76. The second-order valence-corrected chi connectivity index (χ2v) is 1.76. The lowest BCUT2D eigenvalue weighted by molar-refractivity contribution is 0.628. The Morgan fingerprint density at radius 2 is 1.31 bits per heavy atom. The maximum Gasteiger partial charge on any atom is 0.123 e. The highest BCUT2D eigenvalue weighted by Gasteiger charge is 1.86. The Kier molecular flexibility index (Phi) is 12.2. The molecular formula is C11H20FN. The Balaban J connectivity index is 0. The number of halogens is 1. The van der Waals surface area contributed by atoms with Crippen LogP contribution < -0.4 is 5.32 Å². The zero-order chi connectivity index (χ0) is 10.7. The molecule has 0 atom stereocenters. The molecule has 76 valence electrons. The van der Waals surface area contributed by atoms with Gasteiger partial charge in [0.1, 0.15) is 5.82 Å². The van der Waals surface area contributed by atoms with Gasteiger partial charge in [0.05, 0.1) is 0 Å². The van der Waals surface area contributed by atoms with Crippen LogP contribution in [0, 0.1) is 5.82 Å². The van der Waals surface area contributed by atoms with Crippen molar-refractivity contribution < 1.29 is 4.39 Å². The third-order valence-electron chi connectivity index (χ3n) is 1.13. The van der Waals surface area contributed by atoms with Crippen LogP contribution in [0.3, 0.4) is 0 Å². The molecule has 0 saturated heterocycles. The molecule has 1 nitrogen and oxygen atoms in total. The van der Waals surface area contributed by atoms with Gasteiger partial charge in [-0.3, -0.25) is 0 Å². The van der Waals surface area contributed by atoms with E-state index in [2.05, 4.69) is 5.32 Å². The van der Waals surface area contributed by atoms with Gasteiger partial charge in [0.2, 0.25) is 0 Å². The van der Waals surface area contributed by atoms with E-state index < -0.39 is 0 Å². The van der Waals surface area contributed by atoms with Crippen molar-refractivity contribution in [2.24, 2.45) is 0 Å². The predicted molar refractivity (Wildman–Crippen MR) is 58.6 cm³/mol. The van der Waals surface area contributed by atoms with Crippen molar-refractivity contribution in [2.75, 3.05) is 12.4 Å². The fraction of sp³-hybridized carbons (Fsp3) is 0.455. The summed E-state index contributed by atoms with van der Waals surface area (Å²) in [4.78, 5) is 0. The Labute approximate surface area is 81.0 Å². The van der Waals surface area contributed by atoms with Crippen LogP contribution in [0.25, 0.3) is 0 Å². The van der Waals surface area contributed by atoms with Gasteiger partial charge in [0.25, 0.3) is 0 Å². The van der Waals surface area contributed by atoms with E-state index in [1.54, 1.807) is 19.2 Å². The van der Waals surface area contributed by atoms with E-state index in [0.29, 0.717) is 0 Å². The highest BCUT2D eigenvalue weighted by molar-refractivity contribution is 5.41. The van der Waals surface area contributed by atoms with E-state index in [-0.39, 0.29) is 5.82 Å². The van der Waals surface area contributed by atoms with Crippen LogP contribution in [-0.4, -0.2) is 7.05 Å². The van der Waals surface area contributed by atoms with Crippen LogP contribution in [-0.2, 0) is 0 Å². The molecular weight excluding hydrogens is 165 g/mol. The summed E-state index contributed by atoms with van der Waals surface area (Å²) in [5.41, 5.74) is 0.927. The molecule has 0 amide bonds. The van der Waals surface area contributed by atoms with E-state index >= 15 is 0 Å². The van der Waals surface area contributed by atoms with Crippen LogP contribution >= 0.6 is 0 Å². The molecule has 0 fully saturated rings. The third kappa shape index (κ3) is 7.32. The number of nitrogens with one attached hydrogen (secondary N) is 1. The molecule has 0 aliphatic rings. The van der Waals surface area contributed by atoms with Gasteiger partial charge in [-0.2, -0.15) is 0 Å². The first-order chi connectivity index (χ1) is 6.33. The minimum Gasteiger partial charge on any atom is -0.388 e. The molecule has 0 heterocycles. The molecule has 0 aliphatic heterocycles. The standard InChI is InChI=1S/C7H8FN.2C2H6/c1-9-7-4-2-6(8)3-5-7;2*1-2/h2-5,9H,1H3;2*1-2H3. The summed E-state index contributed by atoms with van der Waals surface area (Å²) in [5.74, 6) is -0.200. The minimum atomic E-state index is -0.200. The monoisotopic (exact) mass is 185 g/mol. The molecule has 0 spiro atoms. The number of rotatable bonds is 1. The van der Waals surface area contributed by atoms with Crippen LogP contribution in [0.15, 0.2) is 24.3 Å². The topological polar surface area (TPSA) is 12.0 Å². The molecule has 0 aliphatic carbocycles. The highest BCUT2D eigenvalue weighted by atomic mass is 19.1. The minimum absolute atomic E-state index is 0.200. The maximum absolute atomic E-state index is 12.2. The second kappa shape index (κ2) is 11.0. The van der Waals surface area contributed by atoms with Crippen LogP contribution in [0.1, 0.15) is 27.7 Å². The van der Waals surface area contributed by atoms with E-state index in [1.807, 2.05) is 27.7 Å². The molecule has 13 heavy (non-hydrogen) atoms. The van der Waals surface area contributed by atoms with Crippen LogP contribution in [0.4, 0.5) is 10.1 Å². The lowest BCUT2D eigenvalue weighted by atomic mass is 10.3. The van der Waals surface area contributed by atoms with Gasteiger partial charge in [-0.25, -0.2) is 4.39 Å². The molecule has 0 aromatic heterocycles. The third-order valence-corrected chi connectivity index (χ3v) is 1.13. The first-order valence-corrected chi connectivity index (χ1v) is 4.76. The largest absolute Gasteiger partial charge is 0.388 e. The summed E-state index contributed by atoms with van der Waals surface area (Å²) in [6.45, 7) is 8.00. The summed E-state index contributed by atoms with van der Waals surface area (Å²) in [6.07, 6.45) is 0. The lowest BCUT2D eigenvalue weighted by Gasteiger charge is -1.95. The summed E-state index contributed by atoms with van der Waals surface area (Å²) in [6, 6.07) is 6.22. The highest BCUT2D eigenvalue weighted by Crippen LogP contribution is 2.05. The van der Waals surface area contributed by atoms with Crippen molar-refractivity contribution in [3.8, 4) is 0 Å². The van der Waals surface area contributed by atoms with Crippen LogP contribution in [0.2, 0.25) is 0 Å². The van der Waals surface area contributed by atoms with Crippen molar-refractivity contribution in [3.63, 3.8) is 0 Å². The molecule has 0 saturated carbocycles. The van der Waals surface area contributed by atoms with Gasteiger partial charge in [0, 0.05) is 12.7 Å². The van der Waals surface area contributed by atoms with E-state index in [1.165, 1.54) is 12.1 Å². The predicted octanol–water partition coefficient (Wildman–Crippen LogP) is 3.92. The van der Waals surface area contributed by atoms with Gasteiger partial charge >= 0.3 is 0 Å². The van der Waals surface area contributed by atoms with Crippen molar-refractivity contribution in [3.05, 3.63) is 30.1 Å². The van der Waals surface area contributed by atoms with E-state index in [4.69, 9.17) is 0 Å². The summed E-state index contributed by atoms with van der Waals surface area (Å²) >= 11 is 0. The van der Waals surface area contributed by atoms with Gasteiger partial charge in [-0.05, 0) is 24.3 Å². The first kappa shape index (κ1) is 14.5. The zero-order valence-electron chi connectivity index (χ0n) is 9.19. The Bertz CT molecular complexity index is 182. The summed E-state index contributed by atoms with van der Waals surface area (Å²) in [7, 11) is 1.80. The van der Waals surface area contributed by atoms with Crippen molar-refractivity contribution in [1.82, 2.24) is 0 Å². The quantitative estimate of drug-likeness (QED) is 0.699.